The summed E-state index contributed by atoms with van der Waals surface area (Å²) in [4.78, 5) is 6.85. The minimum absolute atomic E-state index is 0.0408. The number of anilines is 2. The van der Waals surface area contributed by atoms with Gasteiger partial charge in [-0.15, -0.1) is 0 Å². The van der Waals surface area contributed by atoms with Crippen LogP contribution in [-0.2, 0) is 6.42 Å². The standard InChI is InChI=1S/C17H21N3/c1-12-5-6-16-15(10-12)4-3-9-20(16)17-11-14(13(2)18)7-8-19-17/h5-8,10-11,13H,3-4,9,18H2,1-2H3/t13-/m1/s1. The summed E-state index contributed by atoms with van der Waals surface area (Å²) in [6.45, 7) is 5.17. The number of hydrogen-bond acceptors (Lipinski definition) is 3. The molecule has 20 heavy (non-hydrogen) atoms. The van der Waals surface area contributed by atoms with E-state index in [1.54, 1.807) is 0 Å². The monoisotopic (exact) mass is 267 g/mol. The van der Waals surface area contributed by atoms with Crippen LogP contribution in [0.2, 0.25) is 0 Å². The fourth-order valence-electron chi connectivity index (χ4n) is 2.83. The maximum absolute atomic E-state index is 5.98. The van der Waals surface area contributed by atoms with E-state index in [4.69, 9.17) is 5.73 Å². The van der Waals surface area contributed by atoms with Crippen LogP contribution in [0.25, 0.3) is 0 Å². The first-order valence-corrected chi connectivity index (χ1v) is 7.24. The Bertz CT molecular complexity index is 619. The second kappa shape index (κ2) is 5.25. The van der Waals surface area contributed by atoms with Gasteiger partial charge < -0.3 is 10.6 Å². The van der Waals surface area contributed by atoms with E-state index in [0.717, 1.165) is 24.3 Å². The zero-order valence-electron chi connectivity index (χ0n) is 12.1. The van der Waals surface area contributed by atoms with Gasteiger partial charge in [0.15, 0.2) is 0 Å². The van der Waals surface area contributed by atoms with Crippen molar-refractivity contribution in [1.82, 2.24) is 4.98 Å². The molecule has 0 bridgehead atoms. The van der Waals surface area contributed by atoms with Crippen molar-refractivity contribution in [1.29, 1.82) is 0 Å². The summed E-state index contributed by atoms with van der Waals surface area (Å²) in [5.41, 5.74) is 11.1. The molecule has 1 aromatic heterocycles. The molecule has 0 unspecified atom stereocenters. The van der Waals surface area contributed by atoms with Crippen molar-refractivity contribution >= 4 is 11.5 Å². The second-order valence-corrected chi connectivity index (χ2v) is 5.62. The third kappa shape index (κ3) is 2.41. The fourth-order valence-corrected chi connectivity index (χ4v) is 2.83. The van der Waals surface area contributed by atoms with E-state index < -0.39 is 0 Å². The largest absolute Gasteiger partial charge is 0.326 e. The highest BCUT2D eigenvalue weighted by molar-refractivity contribution is 5.66. The van der Waals surface area contributed by atoms with Gasteiger partial charge >= 0.3 is 0 Å². The predicted octanol–water partition coefficient (Wildman–Crippen LogP) is 3.49. The molecule has 0 aliphatic carbocycles. The smallest absolute Gasteiger partial charge is 0.133 e. The Balaban J connectivity index is 2.02. The van der Waals surface area contributed by atoms with Gasteiger partial charge in [0.05, 0.1) is 0 Å². The number of hydrogen-bond donors (Lipinski definition) is 1. The minimum Gasteiger partial charge on any atom is -0.326 e. The van der Waals surface area contributed by atoms with Crippen LogP contribution >= 0.6 is 0 Å². The molecule has 0 radical (unpaired) electrons. The number of nitrogens with two attached hydrogens (primary N) is 1. The van der Waals surface area contributed by atoms with Gasteiger partial charge in [-0.1, -0.05) is 17.7 Å². The van der Waals surface area contributed by atoms with Gasteiger partial charge in [0.1, 0.15) is 5.82 Å². The number of rotatable bonds is 2. The van der Waals surface area contributed by atoms with Crippen molar-refractivity contribution < 1.29 is 0 Å². The van der Waals surface area contributed by atoms with Gasteiger partial charge in [-0.25, -0.2) is 4.98 Å². The zero-order chi connectivity index (χ0) is 14.1. The Hall–Kier alpha value is -1.87. The lowest BCUT2D eigenvalue weighted by Crippen LogP contribution is -2.25. The highest BCUT2D eigenvalue weighted by Gasteiger charge is 2.19. The van der Waals surface area contributed by atoms with Crippen molar-refractivity contribution in [3.63, 3.8) is 0 Å². The SMILES string of the molecule is Cc1ccc2c(c1)CCCN2c1cc([C@@H](C)N)ccn1. The Kier molecular flexibility index (Phi) is 3.45. The lowest BCUT2D eigenvalue weighted by atomic mass is 9.99. The van der Waals surface area contributed by atoms with Gasteiger partial charge in [0.2, 0.25) is 0 Å². The molecule has 0 saturated carbocycles. The van der Waals surface area contributed by atoms with Gasteiger partial charge in [0, 0.05) is 24.5 Å². The highest BCUT2D eigenvalue weighted by atomic mass is 15.2. The Morgan fingerprint density at radius 2 is 2.10 bits per heavy atom. The van der Waals surface area contributed by atoms with Crippen LogP contribution in [0.4, 0.5) is 11.5 Å². The zero-order valence-corrected chi connectivity index (χ0v) is 12.1. The summed E-state index contributed by atoms with van der Waals surface area (Å²) < 4.78 is 0. The Morgan fingerprint density at radius 3 is 2.90 bits per heavy atom. The summed E-state index contributed by atoms with van der Waals surface area (Å²) >= 11 is 0. The summed E-state index contributed by atoms with van der Waals surface area (Å²) in [5, 5.41) is 0. The fraction of sp³-hybridized carbons (Fsp3) is 0.353. The molecule has 3 heteroatoms. The van der Waals surface area contributed by atoms with E-state index in [9.17, 15) is 0 Å². The lowest BCUT2D eigenvalue weighted by Gasteiger charge is -2.31. The van der Waals surface area contributed by atoms with E-state index >= 15 is 0 Å². The van der Waals surface area contributed by atoms with Gasteiger partial charge in [-0.3, -0.25) is 0 Å². The van der Waals surface area contributed by atoms with Crippen LogP contribution in [0.5, 0.6) is 0 Å². The molecule has 3 rings (SSSR count). The number of nitrogens with zero attached hydrogens (tertiary/aromatic N) is 2. The highest BCUT2D eigenvalue weighted by Crippen LogP contribution is 2.33. The van der Waals surface area contributed by atoms with E-state index in [2.05, 4.69) is 41.1 Å². The molecule has 0 fully saturated rings. The Morgan fingerprint density at radius 1 is 1.25 bits per heavy atom. The molecular formula is C17H21N3. The predicted molar refractivity (Wildman–Crippen MR) is 83.3 cm³/mol. The number of aromatic nitrogens is 1. The number of aryl methyl sites for hydroxylation is 2. The van der Waals surface area contributed by atoms with Crippen molar-refractivity contribution in [3.05, 3.63) is 53.2 Å². The Labute approximate surface area is 120 Å². The van der Waals surface area contributed by atoms with Crippen molar-refractivity contribution in [2.75, 3.05) is 11.4 Å². The number of pyridine rings is 1. The third-order valence-corrected chi connectivity index (χ3v) is 3.93. The normalized spacial score (nSPS) is 15.8. The lowest BCUT2D eigenvalue weighted by molar-refractivity contribution is 0.755. The van der Waals surface area contributed by atoms with Crippen molar-refractivity contribution in [3.8, 4) is 0 Å². The molecule has 1 aliphatic rings. The van der Waals surface area contributed by atoms with E-state index in [1.165, 1.54) is 23.2 Å². The molecule has 3 nitrogen and oxygen atoms in total. The van der Waals surface area contributed by atoms with Gasteiger partial charge in [0.25, 0.3) is 0 Å². The molecule has 2 aromatic rings. The van der Waals surface area contributed by atoms with Crippen molar-refractivity contribution in [2.24, 2.45) is 5.73 Å². The summed E-state index contributed by atoms with van der Waals surface area (Å²) in [5.74, 6) is 1.00. The topological polar surface area (TPSA) is 42.1 Å². The average Bonchev–Trinajstić information content (AvgIpc) is 2.46. The first kappa shape index (κ1) is 13.1. The maximum atomic E-state index is 5.98. The van der Waals surface area contributed by atoms with Gasteiger partial charge in [-0.05, 0) is 56.0 Å². The third-order valence-electron chi connectivity index (χ3n) is 3.93. The first-order valence-electron chi connectivity index (χ1n) is 7.24. The summed E-state index contributed by atoms with van der Waals surface area (Å²) in [6.07, 6.45) is 4.18. The minimum atomic E-state index is 0.0408. The van der Waals surface area contributed by atoms with Crippen LogP contribution in [0.15, 0.2) is 36.5 Å². The molecule has 0 saturated heterocycles. The molecule has 1 aromatic carbocycles. The average molecular weight is 267 g/mol. The number of fused-ring (bicyclic) bond motifs is 1. The quantitative estimate of drug-likeness (QED) is 0.905. The molecule has 104 valence electrons. The molecular weight excluding hydrogens is 246 g/mol. The second-order valence-electron chi connectivity index (χ2n) is 5.62. The van der Waals surface area contributed by atoms with E-state index in [0.29, 0.717) is 0 Å². The van der Waals surface area contributed by atoms with E-state index in [1.807, 2.05) is 19.2 Å². The van der Waals surface area contributed by atoms with Crippen LogP contribution in [0, 0.1) is 6.92 Å². The van der Waals surface area contributed by atoms with Crippen molar-refractivity contribution in [2.45, 2.75) is 32.7 Å². The molecule has 2 heterocycles. The van der Waals surface area contributed by atoms with Crippen LogP contribution in [0.1, 0.15) is 36.1 Å². The molecule has 1 atom stereocenters. The molecule has 2 N–H and O–H groups in total. The van der Waals surface area contributed by atoms with Crippen LogP contribution < -0.4 is 10.6 Å². The van der Waals surface area contributed by atoms with Gasteiger partial charge in [-0.2, -0.15) is 0 Å². The molecule has 0 spiro atoms. The molecule has 1 aliphatic heterocycles. The number of benzene rings is 1. The maximum Gasteiger partial charge on any atom is 0.133 e. The summed E-state index contributed by atoms with van der Waals surface area (Å²) in [7, 11) is 0. The molecule has 0 amide bonds. The van der Waals surface area contributed by atoms with Crippen LogP contribution in [-0.4, -0.2) is 11.5 Å². The summed E-state index contributed by atoms with van der Waals surface area (Å²) in [6, 6.07) is 10.8. The van der Waals surface area contributed by atoms with E-state index in [-0.39, 0.29) is 6.04 Å². The van der Waals surface area contributed by atoms with Crippen LogP contribution in [0.3, 0.4) is 0 Å². The first-order chi connectivity index (χ1) is 9.65.